The number of hydrogen-bond donors (Lipinski definition) is 1. The van der Waals surface area contributed by atoms with E-state index in [1.165, 1.54) is 0 Å². The van der Waals surface area contributed by atoms with E-state index in [1.54, 1.807) is 6.92 Å². The van der Waals surface area contributed by atoms with Crippen molar-refractivity contribution in [3.63, 3.8) is 0 Å². The molecule has 0 spiro atoms. The molecule has 1 aromatic heterocycles. The summed E-state index contributed by atoms with van der Waals surface area (Å²) < 4.78 is 40.7. The van der Waals surface area contributed by atoms with Crippen molar-refractivity contribution in [2.24, 2.45) is 5.92 Å². The molecule has 2 fully saturated rings. The van der Waals surface area contributed by atoms with E-state index in [1.807, 2.05) is 20.8 Å². The standard InChI is InChI=1S/C17H25N3O5S.2Rh/c1-5-23-26(21,22)7-6-12-9-13(16-15(12)24-17(3,4)25-16)20-14-8-11(2)18-10-19-14;;/h12-13,15-16H,5-7,9H2,1-4H3,(H,18,19,20);;/q-2;;/t12-,13+,15+,16-;;/m0../s1. The Morgan fingerprint density at radius 2 is 1.93 bits per heavy atom. The molecule has 3 rings (SSSR count). The fraction of sp³-hybridized carbons (Fsp3) is 0.765. The Bertz CT molecular complexity index is 750. The molecule has 0 aromatic carbocycles. The number of hydrogen-bond acceptors (Lipinski definition) is 8. The number of anilines is 1. The number of aromatic nitrogens is 2. The number of ether oxygens (including phenoxy) is 2. The molecule has 1 saturated heterocycles. The smallest absolute Gasteiger partial charge is 0.267 e. The molecule has 0 amide bonds. The van der Waals surface area contributed by atoms with Crippen LogP contribution in [-0.2, 0) is 62.7 Å². The first-order valence-corrected chi connectivity index (χ1v) is 10.4. The van der Waals surface area contributed by atoms with Gasteiger partial charge in [0.1, 0.15) is 6.10 Å². The summed E-state index contributed by atoms with van der Waals surface area (Å²) in [6.07, 6.45) is 3.40. The van der Waals surface area contributed by atoms with Crippen LogP contribution in [0.1, 0.15) is 39.3 Å². The molecule has 28 heavy (non-hydrogen) atoms. The predicted molar refractivity (Wildman–Crippen MR) is 93.8 cm³/mol. The molecule has 0 unspecified atom stereocenters. The van der Waals surface area contributed by atoms with Crippen molar-refractivity contribution in [1.29, 1.82) is 0 Å². The van der Waals surface area contributed by atoms with E-state index in [9.17, 15) is 8.42 Å². The summed E-state index contributed by atoms with van der Waals surface area (Å²) in [4.78, 5) is 8.00. The molecule has 11 heteroatoms. The van der Waals surface area contributed by atoms with Gasteiger partial charge in [0.15, 0.2) is 5.79 Å². The Hall–Kier alpha value is -0.0432. The Morgan fingerprint density at radius 1 is 1.25 bits per heavy atom. The molecular weight excluding hydrogens is 564 g/mol. The summed E-state index contributed by atoms with van der Waals surface area (Å²) >= 11 is 0. The van der Waals surface area contributed by atoms with Gasteiger partial charge in [-0.05, 0) is 39.5 Å². The summed E-state index contributed by atoms with van der Waals surface area (Å²) in [5.74, 6) is -0.138. The molecule has 1 saturated carbocycles. The van der Waals surface area contributed by atoms with E-state index in [4.69, 9.17) is 13.7 Å². The zero-order valence-electron chi connectivity index (χ0n) is 16.1. The molecule has 2 radical (unpaired) electrons. The van der Waals surface area contributed by atoms with Gasteiger partial charge in [-0.3, -0.25) is 9.88 Å². The number of nitrogens with one attached hydrogen (secondary N) is 1. The maximum absolute atomic E-state index is 11.9. The van der Waals surface area contributed by atoms with Gasteiger partial charge < -0.3 is 30.8 Å². The Balaban J connectivity index is 0.00000196. The zero-order chi connectivity index (χ0) is 18.9. The fourth-order valence-electron chi connectivity index (χ4n) is 3.67. The van der Waals surface area contributed by atoms with E-state index in [2.05, 4.69) is 27.7 Å². The van der Waals surface area contributed by atoms with Gasteiger partial charge in [0.05, 0.1) is 18.5 Å². The van der Waals surface area contributed by atoms with Crippen molar-refractivity contribution < 1.29 is 61.0 Å². The maximum Gasteiger partial charge on any atom is 0.267 e. The first-order valence-electron chi connectivity index (χ1n) is 8.82. The van der Waals surface area contributed by atoms with Gasteiger partial charge in [0, 0.05) is 51.3 Å². The summed E-state index contributed by atoms with van der Waals surface area (Å²) in [5.41, 5.74) is 0.695. The summed E-state index contributed by atoms with van der Waals surface area (Å²) in [5, 5.41) is 3.32. The molecule has 4 atom stereocenters. The molecule has 1 aliphatic heterocycles. The third-order valence-electron chi connectivity index (χ3n) is 4.62. The number of aryl methyl sites for hydroxylation is 1. The van der Waals surface area contributed by atoms with Crippen molar-refractivity contribution in [2.75, 3.05) is 17.7 Å². The third-order valence-corrected chi connectivity index (χ3v) is 5.95. The molecule has 164 valence electrons. The van der Waals surface area contributed by atoms with Crippen LogP contribution in [0.3, 0.4) is 0 Å². The normalized spacial score (nSPS) is 28.1. The third kappa shape index (κ3) is 6.48. The van der Waals surface area contributed by atoms with Crippen molar-refractivity contribution >= 4 is 15.9 Å². The van der Waals surface area contributed by atoms with Gasteiger partial charge in [-0.1, -0.05) is 0 Å². The number of rotatable bonds is 7. The molecule has 2 heterocycles. The summed E-state index contributed by atoms with van der Waals surface area (Å²) in [6, 6.07) is 2.99. The summed E-state index contributed by atoms with van der Waals surface area (Å²) in [7, 11) is -3.51. The zero-order valence-corrected chi connectivity index (χ0v) is 20.2. The van der Waals surface area contributed by atoms with Crippen molar-refractivity contribution in [1.82, 2.24) is 9.97 Å². The second kappa shape index (κ2) is 10.3. The minimum absolute atomic E-state index is 0. The van der Waals surface area contributed by atoms with Crippen LogP contribution in [0.2, 0.25) is 0 Å². The van der Waals surface area contributed by atoms with Crippen LogP contribution in [0, 0.1) is 25.2 Å². The van der Waals surface area contributed by atoms with E-state index in [-0.39, 0.29) is 75.5 Å². The first-order chi connectivity index (χ1) is 12.2. The topological polar surface area (TPSA) is 99.6 Å². The number of fused-ring (bicyclic) bond motifs is 1. The van der Waals surface area contributed by atoms with Crippen molar-refractivity contribution in [3.05, 3.63) is 18.1 Å². The largest absolute Gasteiger partial charge is 0.550 e. The van der Waals surface area contributed by atoms with Crippen LogP contribution < -0.4 is 5.32 Å². The van der Waals surface area contributed by atoms with E-state index in [0.29, 0.717) is 24.4 Å². The van der Waals surface area contributed by atoms with Gasteiger partial charge in [-0.25, -0.2) is 0 Å². The average molecular weight is 589 g/mol. The van der Waals surface area contributed by atoms with Crippen molar-refractivity contribution in [2.45, 2.75) is 64.6 Å². The molecule has 2 aliphatic rings. The molecule has 8 nitrogen and oxygen atoms in total. The molecular formula is C17H25N3O5Rh2S-2. The van der Waals surface area contributed by atoms with Crippen LogP contribution in [-0.4, -0.2) is 54.8 Å². The average Bonchev–Trinajstić information content (AvgIpc) is 3.00. The SMILES string of the molecule is CCOS(=O)(=O)CC[C@H]1C[C@@H](Nc2[c-]c(C)n[c-]n2)[C@@H]2OC(C)(C)O[C@H]12.[Rh].[Rh]. The number of nitrogens with zero attached hydrogens (tertiary/aromatic N) is 2. The second-order valence-corrected chi connectivity index (χ2v) is 8.91. The fourth-order valence-corrected chi connectivity index (χ4v) is 4.73. The van der Waals surface area contributed by atoms with Gasteiger partial charge in [-0.15, -0.1) is 6.92 Å². The minimum Gasteiger partial charge on any atom is -0.550 e. The van der Waals surface area contributed by atoms with Crippen LogP contribution in [0.15, 0.2) is 0 Å². The quantitative estimate of drug-likeness (QED) is 0.290. The first kappa shape index (κ1) is 26.0. The maximum atomic E-state index is 11.9. The molecule has 1 N–H and O–H groups in total. The van der Waals surface area contributed by atoms with Crippen molar-refractivity contribution in [3.8, 4) is 0 Å². The molecule has 0 bridgehead atoms. The summed E-state index contributed by atoms with van der Waals surface area (Å²) in [6.45, 7) is 7.36. The van der Waals surface area contributed by atoms with Gasteiger partial charge in [0.25, 0.3) is 10.1 Å². The van der Waals surface area contributed by atoms with E-state index >= 15 is 0 Å². The van der Waals surface area contributed by atoms with Crippen LogP contribution in [0.4, 0.5) is 5.82 Å². The second-order valence-electron chi connectivity index (χ2n) is 7.15. The van der Waals surface area contributed by atoms with Gasteiger partial charge >= 0.3 is 0 Å². The monoisotopic (exact) mass is 589 g/mol. The van der Waals surface area contributed by atoms with Crippen LogP contribution in [0.5, 0.6) is 0 Å². The predicted octanol–water partition coefficient (Wildman–Crippen LogP) is 1.46. The Morgan fingerprint density at radius 3 is 2.57 bits per heavy atom. The van der Waals surface area contributed by atoms with E-state index < -0.39 is 15.9 Å². The van der Waals surface area contributed by atoms with Crippen LogP contribution >= 0.6 is 0 Å². The van der Waals surface area contributed by atoms with Gasteiger partial charge in [-0.2, -0.15) is 14.2 Å². The Kier molecular flexibility index (Phi) is 9.58. The van der Waals surface area contributed by atoms with Gasteiger partial charge in [0.2, 0.25) is 0 Å². The van der Waals surface area contributed by atoms with Crippen LogP contribution in [0.25, 0.3) is 0 Å². The van der Waals surface area contributed by atoms with E-state index in [0.717, 1.165) is 0 Å². The molecule has 1 aliphatic carbocycles. The Labute approximate surface area is 192 Å². The molecule has 1 aromatic rings. The minimum atomic E-state index is -3.51.